The maximum absolute atomic E-state index is 13.5. The van der Waals surface area contributed by atoms with Gasteiger partial charge >= 0.3 is 0 Å². The van der Waals surface area contributed by atoms with Crippen LogP contribution in [0.15, 0.2) is 71.6 Å². The highest BCUT2D eigenvalue weighted by atomic mass is 35.5. The topological polar surface area (TPSA) is 26.7 Å². The summed E-state index contributed by atoms with van der Waals surface area (Å²) in [6.45, 7) is 5.40. The molecule has 10 heteroatoms. The molecule has 39 heavy (non-hydrogen) atoms. The third-order valence-electron chi connectivity index (χ3n) is 6.78. The normalized spacial score (nSPS) is 15.0. The fourth-order valence-corrected chi connectivity index (χ4v) is 5.96. The molecule has 0 radical (unpaired) electrons. The fraction of sp³-hybridized carbons (Fsp3) is 0.379. The largest absolute Gasteiger partial charge is 0.391 e. The van der Waals surface area contributed by atoms with Gasteiger partial charge < -0.3 is 10.0 Å². The molecular formula is C29H34Cl4F2N2OS. The van der Waals surface area contributed by atoms with Crippen LogP contribution in [0.3, 0.4) is 0 Å². The molecule has 3 nitrogen and oxygen atoms in total. The second-order valence-electron chi connectivity index (χ2n) is 9.48. The van der Waals surface area contributed by atoms with E-state index < -0.39 is 6.10 Å². The van der Waals surface area contributed by atoms with Gasteiger partial charge in [0, 0.05) is 49.3 Å². The maximum Gasteiger partial charge on any atom is 0.123 e. The molecule has 0 aromatic heterocycles. The first-order valence-electron chi connectivity index (χ1n) is 12.6. The zero-order valence-corrected chi connectivity index (χ0v) is 25.4. The molecule has 0 saturated carbocycles. The lowest BCUT2D eigenvalue weighted by Gasteiger charge is -2.35. The summed E-state index contributed by atoms with van der Waals surface area (Å²) in [5, 5.41) is 11.6. The SMILES string of the molecule is Cl.Cl.OC(CSc1ccc(Cl)c(Cl)c1)CN1CCN(CCCC(c2ccc(F)cc2)c2ccc(F)cc2)CC1. The van der Waals surface area contributed by atoms with Crippen LogP contribution < -0.4 is 0 Å². The van der Waals surface area contributed by atoms with Gasteiger partial charge in [0.2, 0.25) is 0 Å². The first kappa shape index (κ1) is 34.1. The van der Waals surface area contributed by atoms with Gasteiger partial charge in [-0.15, -0.1) is 36.6 Å². The number of aliphatic hydroxyl groups excluding tert-OH is 1. The van der Waals surface area contributed by atoms with Crippen molar-refractivity contribution >= 4 is 59.8 Å². The molecule has 1 N–H and O–H groups in total. The van der Waals surface area contributed by atoms with Crippen LogP contribution in [-0.2, 0) is 0 Å². The minimum Gasteiger partial charge on any atom is -0.391 e. The number of thioether (sulfide) groups is 1. The van der Waals surface area contributed by atoms with Crippen molar-refractivity contribution in [2.24, 2.45) is 0 Å². The van der Waals surface area contributed by atoms with E-state index >= 15 is 0 Å². The minimum absolute atomic E-state index is 0. The first-order chi connectivity index (χ1) is 17.9. The highest BCUT2D eigenvalue weighted by Crippen LogP contribution is 2.30. The number of piperazine rings is 1. The molecule has 0 amide bonds. The summed E-state index contributed by atoms with van der Waals surface area (Å²) in [6.07, 6.45) is 1.47. The van der Waals surface area contributed by atoms with Gasteiger partial charge in [0.15, 0.2) is 0 Å². The van der Waals surface area contributed by atoms with Crippen molar-refractivity contribution in [3.8, 4) is 0 Å². The average molecular weight is 638 g/mol. The predicted octanol–water partition coefficient (Wildman–Crippen LogP) is 7.80. The molecule has 1 aliphatic rings. The van der Waals surface area contributed by atoms with E-state index in [1.807, 2.05) is 36.4 Å². The standard InChI is InChI=1S/C29H32Cl2F2N2OS.2ClH/c30-28-12-11-26(18-29(28)31)37-20-25(36)19-35-16-14-34(15-17-35)13-1-2-27(21-3-7-23(32)8-4-21)22-5-9-24(33)10-6-22;;/h3-12,18,25,27,36H,1-2,13-17,19-20H2;2*1H. The van der Waals surface area contributed by atoms with Gasteiger partial charge in [-0.1, -0.05) is 47.5 Å². The molecule has 1 aliphatic heterocycles. The monoisotopic (exact) mass is 636 g/mol. The van der Waals surface area contributed by atoms with Crippen LogP contribution in [0.1, 0.15) is 29.9 Å². The third kappa shape index (κ3) is 10.7. The fourth-order valence-electron chi connectivity index (χ4n) is 4.74. The quantitative estimate of drug-likeness (QED) is 0.217. The molecule has 0 bridgehead atoms. The van der Waals surface area contributed by atoms with E-state index in [1.54, 1.807) is 17.8 Å². The summed E-state index contributed by atoms with van der Waals surface area (Å²) in [5.41, 5.74) is 2.09. The molecule has 1 fully saturated rings. The van der Waals surface area contributed by atoms with Crippen molar-refractivity contribution in [2.45, 2.75) is 29.8 Å². The number of rotatable bonds is 11. The van der Waals surface area contributed by atoms with Crippen molar-refractivity contribution in [3.63, 3.8) is 0 Å². The Balaban J connectivity index is 0.00000267. The van der Waals surface area contributed by atoms with Crippen LogP contribution in [0.25, 0.3) is 0 Å². The molecule has 3 aromatic rings. The lowest BCUT2D eigenvalue weighted by molar-refractivity contribution is 0.0819. The molecule has 1 saturated heterocycles. The smallest absolute Gasteiger partial charge is 0.123 e. The highest BCUT2D eigenvalue weighted by Gasteiger charge is 2.20. The zero-order chi connectivity index (χ0) is 26.2. The van der Waals surface area contributed by atoms with E-state index in [0.717, 1.165) is 61.6 Å². The molecule has 1 unspecified atom stereocenters. The summed E-state index contributed by atoms with van der Waals surface area (Å²) in [4.78, 5) is 5.77. The molecular weight excluding hydrogens is 604 g/mol. The van der Waals surface area contributed by atoms with Crippen molar-refractivity contribution in [3.05, 3.63) is 99.5 Å². The van der Waals surface area contributed by atoms with Gasteiger partial charge in [-0.2, -0.15) is 0 Å². The lowest BCUT2D eigenvalue weighted by Crippen LogP contribution is -2.49. The van der Waals surface area contributed by atoms with Gasteiger partial charge in [0.25, 0.3) is 0 Å². The van der Waals surface area contributed by atoms with Crippen LogP contribution in [-0.4, -0.2) is 66.0 Å². The Morgan fingerprint density at radius 1 is 0.769 bits per heavy atom. The number of halogens is 6. The van der Waals surface area contributed by atoms with Crippen LogP contribution in [0.5, 0.6) is 0 Å². The van der Waals surface area contributed by atoms with Crippen LogP contribution in [0.2, 0.25) is 10.0 Å². The van der Waals surface area contributed by atoms with E-state index in [9.17, 15) is 13.9 Å². The van der Waals surface area contributed by atoms with Gasteiger partial charge in [-0.3, -0.25) is 4.90 Å². The summed E-state index contributed by atoms with van der Waals surface area (Å²) < 4.78 is 26.9. The van der Waals surface area contributed by atoms with Crippen molar-refractivity contribution in [2.75, 3.05) is 45.0 Å². The number of benzene rings is 3. The Morgan fingerprint density at radius 3 is 1.85 bits per heavy atom. The molecule has 214 valence electrons. The van der Waals surface area contributed by atoms with Gasteiger partial charge in [-0.25, -0.2) is 8.78 Å². The van der Waals surface area contributed by atoms with Crippen molar-refractivity contribution in [1.82, 2.24) is 9.80 Å². The van der Waals surface area contributed by atoms with E-state index in [-0.39, 0.29) is 42.4 Å². The third-order valence-corrected chi connectivity index (χ3v) is 8.66. The molecule has 4 rings (SSSR count). The lowest BCUT2D eigenvalue weighted by atomic mass is 9.87. The Labute approximate surface area is 256 Å². The van der Waals surface area contributed by atoms with E-state index in [2.05, 4.69) is 9.80 Å². The van der Waals surface area contributed by atoms with E-state index in [0.29, 0.717) is 22.3 Å². The van der Waals surface area contributed by atoms with E-state index in [4.69, 9.17) is 23.2 Å². The van der Waals surface area contributed by atoms with Gasteiger partial charge in [-0.05, 0) is 73.0 Å². The Morgan fingerprint density at radius 2 is 1.31 bits per heavy atom. The highest BCUT2D eigenvalue weighted by molar-refractivity contribution is 7.99. The van der Waals surface area contributed by atoms with Gasteiger partial charge in [0.1, 0.15) is 11.6 Å². The Bertz CT molecular complexity index is 1090. The number of aliphatic hydroxyl groups is 1. The minimum atomic E-state index is -0.418. The second kappa shape index (κ2) is 17.0. The number of nitrogens with zero attached hydrogens (tertiary/aromatic N) is 2. The van der Waals surface area contributed by atoms with E-state index in [1.165, 1.54) is 24.3 Å². The first-order valence-corrected chi connectivity index (χ1v) is 14.3. The predicted molar refractivity (Wildman–Crippen MR) is 164 cm³/mol. The van der Waals surface area contributed by atoms with Gasteiger partial charge in [0.05, 0.1) is 16.1 Å². The number of β-amino-alcohol motifs (C(OH)–C–C–N with tert-alkyl or cyclic N) is 1. The van der Waals surface area contributed by atoms with Crippen LogP contribution in [0.4, 0.5) is 8.78 Å². The maximum atomic E-state index is 13.5. The summed E-state index contributed by atoms with van der Waals surface area (Å²) in [6, 6.07) is 18.8. The summed E-state index contributed by atoms with van der Waals surface area (Å²) in [7, 11) is 0. The van der Waals surface area contributed by atoms with Crippen molar-refractivity contribution < 1.29 is 13.9 Å². The van der Waals surface area contributed by atoms with Crippen molar-refractivity contribution in [1.29, 1.82) is 0 Å². The zero-order valence-electron chi connectivity index (χ0n) is 21.4. The number of hydrogen-bond donors (Lipinski definition) is 1. The Hall–Kier alpha value is -1.09. The summed E-state index contributed by atoms with van der Waals surface area (Å²) >= 11 is 13.6. The molecule has 0 aliphatic carbocycles. The molecule has 3 aromatic carbocycles. The molecule has 0 spiro atoms. The molecule has 1 heterocycles. The Kier molecular flexibility index (Phi) is 14.9. The van der Waals surface area contributed by atoms with Crippen LogP contribution in [0, 0.1) is 11.6 Å². The number of hydrogen-bond acceptors (Lipinski definition) is 4. The summed E-state index contributed by atoms with van der Waals surface area (Å²) in [5.74, 6) is 0.201. The molecule has 1 atom stereocenters. The second-order valence-corrected chi connectivity index (χ2v) is 11.4. The average Bonchev–Trinajstić information content (AvgIpc) is 2.90. The van der Waals surface area contributed by atoms with Crippen LogP contribution >= 0.6 is 59.8 Å².